The van der Waals surface area contributed by atoms with Crippen molar-refractivity contribution < 1.29 is 13.9 Å². The first-order valence-corrected chi connectivity index (χ1v) is 3.59. The van der Waals surface area contributed by atoms with Gasteiger partial charge in [0, 0.05) is 6.54 Å². The molecule has 64 valence electrons. The van der Waals surface area contributed by atoms with E-state index in [1.807, 2.05) is 0 Å². The summed E-state index contributed by atoms with van der Waals surface area (Å²) in [6.07, 6.45) is -0.636. The minimum atomic E-state index is -1.06. The Bertz CT molecular complexity index is 153. The van der Waals surface area contributed by atoms with Gasteiger partial charge in [0.2, 0.25) is 0 Å². The minimum absolute atomic E-state index is 0.427. The Balaban J connectivity index is 2.60. The molecule has 1 heterocycles. The third-order valence-corrected chi connectivity index (χ3v) is 2.02. The van der Waals surface area contributed by atoms with Crippen molar-refractivity contribution in [3.05, 3.63) is 0 Å². The summed E-state index contributed by atoms with van der Waals surface area (Å²) < 4.78 is 17.4. The van der Waals surface area contributed by atoms with Gasteiger partial charge in [-0.05, 0) is 13.5 Å². The molecule has 0 aromatic rings. The highest BCUT2D eigenvalue weighted by molar-refractivity contribution is 5.76. The molecule has 1 aliphatic heterocycles. The predicted molar refractivity (Wildman–Crippen MR) is 37.9 cm³/mol. The third kappa shape index (κ3) is 1.50. The first-order chi connectivity index (χ1) is 5.16. The van der Waals surface area contributed by atoms with E-state index in [1.54, 1.807) is 11.9 Å². The number of esters is 1. The molecule has 2 atom stereocenters. The Morgan fingerprint density at radius 2 is 2.36 bits per heavy atom. The number of nitrogens with zero attached hydrogens (tertiary/aromatic N) is 1. The number of carbonyl (C=O) groups is 1. The summed E-state index contributed by atoms with van der Waals surface area (Å²) >= 11 is 0. The minimum Gasteiger partial charge on any atom is -0.468 e. The standard InChI is InChI=1S/C7H12FNO2/c1-9-4-3-5(8)6(9)7(10)11-2/h5-6H,3-4H2,1-2H3/t5-,6-/m0/s1. The van der Waals surface area contributed by atoms with E-state index in [1.165, 1.54) is 7.11 Å². The number of rotatable bonds is 1. The number of hydrogen-bond acceptors (Lipinski definition) is 3. The van der Waals surface area contributed by atoms with Gasteiger partial charge in [-0.15, -0.1) is 0 Å². The molecular formula is C7H12FNO2. The van der Waals surface area contributed by atoms with Gasteiger partial charge in [-0.25, -0.2) is 4.39 Å². The smallest absolute Gasteiger partial charge is 0.326 e. The maximum absolute atomic E-state index is 12.9. The maximum atomic E-state index is 12.9. The molecule has 0 unspecified atom stereocenters. The highest BCUT2D eigenvalue weighted by Gasteiger charge is 2.38. The Morgan fingerprint density at radius 1 is 1.73 bits per heavy atom. The van der Waals surface area contributed by atoms with Crippen molar-refractivity contribution in [1.29, 1.82) is 0 Å². The normalized spacial score (nSPS) is 32.3. The maximum Gasteiger partial charge on any atom is 0.326 e. The highest BCUT2D eigenvalue weighted by Crippen LogP contribution is 2.19. The second kappa shape index (κ2) is 3.17. The summed E-state index contributed by atoms with van der Waals surface area (Å²) in [4.78, 5) is 12.6. The Hall–Kier alpha value is -0.640. The Morgan fingerprint density at radius 3 is 2.73 bits per heavy atom. The molecular weight excluding hydrogens is 149 g/mol. The Labute approximate surface area is 65.1 Å². The molecule has 0 aromatic heterocycles. The van der Waals surface area contributed by atoms with Crippen molar-refractivity contribution in [1.82, 2.24) is 4.90 Å². The van der Waals surface area contributed by atoms with Crippen LogP contribution in [0.25, 0.3) is 0 Å². The fourth-order valence-electron chi connectivity index (χ4n) is 1.35. The van der Waals surface area contributed by atoms with Crippen molar-refractivity contribution in [3.8, 4) is 0 Å². The summed E-state index contributed by atoms with van der Waals surface area (Å²) in [6, 6.07) is -0.681. The molecule has 0 radical (unpaired) electrons. The van der Waals surface area contributed by atoms with E-state index in [0.29, 0.717) is 13.0 Å². The molecule has 0 amide bonds. The van der Waals surface area contributed by atoms with Crippen LogP contribution >= 0.6 is 0 Å². The van der Waals surface area contributed by atoms with Crippen molar-refractivity contribution in [2.45, 2.75) is 18.6 Å². The number of likely N-dealkylation sites (N-methyl/N-ethyl adjacent to an activating group) is 1. The molecule has 0 spiro atoms. The van der Waals surface area contributed by atoms with Gasteiger partial charge < -0.3 is 4.74 Å². The van der Waals surface area contributed by atoms with Crippen LogP contribution in [0.15, 0.2) is 0 Å². The summed E-state index contributed by atoms with van der Waals surface area (Å²) in [5.41, 5.74) is 0. The Kier molecular flexibility index (Phi) is 2.44. The van der Waals surface area contributed by atoms with Gasteiger partial charge >= 0.3 is 5.97 Å². The van der Waals surface area contributed by atoms with E-state index >= 15 is 0 Å². The topological polar surface area (TPSA) is 29.5 Å². The molecule has 1 saturated heterocycles. The lowest BCUT2D eigenvalue weighted by molar-refractivity contribution is -0.146. The van der Waals surface area contributed by atoms with Crippen LogP contribution in [-0.2, 0) is 9.53 Å². The predicted octanol–water partition coefficient (Wildman–Crippen LogP) is 0.202. The quantitative estimate of drug-likeness (QED) is 0.514. The third-order valence-electron chi connectivity index (χ3n) is 2.02. The SMILES string of the molecule is COC(=O)[C@@H]1[C@@H](F)CCN1C. The lowest BCUT2D eigenvalue weighted by Gasteiger charge is -2.17. The summed E-state index contributed by atoms with van der Waals surface area (Å²) in [5.74, 6) is -0.475. The molecule has 0 saturated carbocycles. The number of halogens is 1. The average Bonchev–Trinajstić information content (AvgIpc) is 2.30. The van der Waals surface area contributed by atoms with Gasteiger partial charge in [-0.1, -0.05) is 0 Å². The molecule has 3 nitrogen and oxygen atoms in total. The molecule has 1 aliphatic rings. The molecule has 11 heavy (non-hydrogen) atoms. The average molecular weight is 161 g/mol. The van der Waals surface area contributed by atoms with Gasteiger partial charge in [-0.3, -0.25) is 9.69 Å². The second-order valence-corrected chi connectivity index (χ2v) is 2.75. The fraction of sp³-hybridized carbons (Fsp3) is 0.857. The van der Waals surface area contributed by atoms with E-state index in [4.69, 9.17) is 0 Å². The van der Waals surface area contributed by atoms with Crippen molar-refractivity contribution in [3.63, 3.8) is 0 Å². The highest BCUT2D eigenvalue weighted by atomic mass is 19.1. The van der Waals surface area contributed by atoms with Crippen LogP contribution in [0.4, 0.5) is 4.39 Å². The van der Waals surface area contributed by atoms with Crippen molar-refractivity contribution in [2.24, 2.45) is 0 Å². The van der Waals surface area contributed by atoms with Crippen molar-refractivity contribution in [2.75, 3.05) is 20.7 Å². The molecule has 4 heteroatoms. The number of methoxy groups -OCH3 is 1. The van der Waals surface area contributed by atoms with Crippen LogP contribution in [0.5, 0.6) is 0 Å². The zero-order chi connectivity index (χ0) is 8.43. The molecule has 0 N–H and O–H groups in total. The van der Waals surface area contributed by atoms with Gasteiger partial charge in [-0.2, -0.15) is 0 Å². The number of hydrogen-bond donors (Lipinski definition) is 0. The van der Waals surface area contributed by atoms with Crippen LogP contribution in [0.3, 0.4) is 0 Å². The second-order valence-electron chi connectivity index (χ2n) is 2.75. The van der Waals surface area contributed by atoms with E-state index < -0.39 is 18.2 Å². The van der Waals surface area contributed by atoms with Crippen LogP contribution in [0, 0.1) is 0 Å². The van der Waals surface area contributed by atoms with Crippen LogP contribution in [0.1, 0.15) is 6.42 Å². The van der Waals surface area contributed by atoms with Crippen LogP contribution < -0.4 is 0 Å². The van der Waals surface area contributed by atoms with Gasteiger partial charge in [0.15, 0.2) is 0 Å². The van der Waals surface area contributed by atoms with Crippen LogP contribution in [-0.4, -0.2) is 43.8 Å². The number of ether oxygens (including phenoxy) is 1. The zero-order valence-corrected chi connectivity index (χ0v) is 6.71. The zero-order valence-electron chi connectivity index (χ0n) is 6.71. The van der Waals surface area contributed by atoms with Gasteiger partial charge in [0.1, 0.15) is 12.2 Å². The number of likely N-dealkylation sites (tertiary alicyclic amines) is 1. The number of carbonyl (C=O) groups excluding carboxylic acids is 1. The molecule has 1 fully saturated rings. The van der Waals surface area contributed by atoms with Gasteiger partial charge in [0.05, 0.1) is 7.11 Å². The largest absolute Gasteiger partial charge is 0.468 e. The summed E-state index contributed by atoms with van der Waals surface area (Å²) in [7, 11) is 3.00. The van der Waals surface area contributed by atoms with E-state index in [2.05, 4.69) is 4.74 Å². The first-order valence-electron chi connectivity index (χ1n) is 3.59. The summed E-state index contributed by atoms with van der Waals surface area (Å²) in [5, 5.41) is 0. The monoisotopic (exact) mass is 161 g/mol. The summed E-state index contributed by atoms with van der Waals surface area (Å²) in [6.45, 7) is 0.626. The molecule has 0 aromatic carbocycles. The first kappa shape index (κ1) is 8.46. The molecule has 0 aliphatic carbocycles. The molecule has 1 rings (SSSR count). The lowest BCUT2D eigenvalue weighted by atomic mass is 10.2. The van der Waals surface area contributed by atoms with E-state index in [0.717, 1.165) is 0 Å². The van der Waals surface area contributed by atoms with Crippen LogP contribution in [0.2, 0.25) is 0 Å². The van der Waals surface area contributed by atoms with E-state index in [-0.39, 0.29) is 0 Å². The lowest BCUT2D eigenvalue weighted by Crippen LogP contribution is -2.38. The fourth-order valence-corrected chi connectivity index (χ4v) is 1.35. The van der Waals surface area contributed by atoms with Crippen molar-refractivity contribution >= 4 is 5.97 Å². The van der Waals surface area contributed by atoms with Gasteiger partial charge in [0.25, 0.3) is 0 Å². The van der Waals surface area contributed by atoms with E-state index in [9.17, 15) is 9.18 Å². The molecule has 0 bridgehead atoms. The number of alkyl halides is 1.